The van der Waals surface area contributed by atoms with Crippen molar-refractivity contribution < 1.29 is 4.79 Å². The van der Waals surface area contributed by atoms with Crippen molar-refractivity contribution in [1.29, 1.82) is 0 Å². The highest BCUT2D eigenvalue weighted by Gasteiger charge is 2.29. The molecule has 94 valence electrons. The van der Waals surface area contributed by atoms with Gasteiger partial charge >= 0.3 is 0 Å². The molecule has 2 N–H and O–H groups in total. The second-order valence-corrected chi connectivity index (χ2v) is 4.58. The van der Waals surface area contributed by atoms with Crippen molar-refractivity contribution in [2.75, 3.05) is 13.1 Å². The minimum Gasteiger partial charge on any atom is -0.337 e. The Labute approximate surface area is 102 Å². The summed E-state index contributed by atoms with van der Waals surface area (Å²) in [5.41, 5.74) is 5.73. The van der Waals surface area contributed by atoms with Gasteiger partial charge in [0.2, 0.25) is 5.91 Å². The summed E-state index contributed by atoms with van der Waals surface area (Å²) in [5.74, 6) is 0.129. The van der Waals surface area contributed by atoms with Gasteiger partial charge in [0.05, 0.1) is 0 Å². The molecule has 1 aromatic heterocycles. The monoisotopic (exact) mass is 236 g/mol. The van der Waals surface area contributed by atoms with Gasteiger partial charge in [-0.3, -0.25) is 9.48 Å². The number of nitrogens with zero attached hydrogens (tertiary/aromatic N) is 3. The molecular formula is C12H20N4O. The average Bonchev–Trinajstić information content (AvgIpc) is 2.90. The van der Waals surface area contributed by atoms with Crippen LogP contribution in [0.1, 0.15) is 32.2 Å². The Morgan fingerprint density at radius 1 is 1.59 bits per heavy atom. The molecule has 1 fully saturated rings. The molecule has 1 aliphatic rings. The molecule has 17 heavy (non-hydrogen) atoms. The molecule has 1 amide bonds. The molecule has 5 nitrogen and oxygen atoms in total. The lowest BCUT2D eigenvalue weighted by Gasteiger charge is -2.36. The third-order valence-corrected chi connectivity index (χ3v) is 3.46. The van der Waals surface area contributed by atoms with Gasteiger partial charge in [-0.1, -0.05) is 0 Å². The zero-order valence-corrected chi connectivity index (χ0v) is 10.2. The minimum atomic E-state index is -0.239. The van der Waals surface area contributed by atoms with E-state index in [1.807, 2.05) is 24.1 Å². The Morgan fingerprint density at radius 3 is 3.06 bits per heavy atom. The molecule has 0 spiro atoms. The summed E-state index contributed by atoms with van der Waals surface area (Å²) in [7, 11) is 0. The smallest absolute Gasteiger partial charge is 0.247 e. The molecule has 0 saturated carbocycles. The molecule has 2 atom stereocenters. The van der Waals surface area contributed by atoms with Crippen LogP contribution < -0.4 is 5.73 Å². The van der Waals surface area contributed by atoms with E-state index in [0.717, 1.165) is 19.4 Å². The van der Waals surface area contributed by atoms with Gasteiger partial charge < -0.3 is 10.6 Å². The number of carbonyl (C=O) groups excluding carboxylic acids is 1. The van der Waals surface area contributed by atoms with Crippen LogP contribution in [0.2, 0.25) is 0 Å². The van der Waals surface area contributed by atoms with E-state index in [4.69, 9.17) is 5.73 Å². The number of amides is 1. The molecule has 2 rings (SSSR count). The first kappa shape index (κ1) is 12.1. The zero-order chi connectivity index (χ0) is 12.3. The molecule has 0 radical (unpaired) electrons. The summed E-state index contributed by atoms with van der Waals surface area (Å²) in [6, 6.07) is 1.80. The van der Waals surface area contributed by atoms with E-state index >= 15 is 0 Å². The van der Waals surface area contributed by atoms with Gasteiger partial charge in [-0.25, -0.2) is 0 Å². The van der Waals surface area contributed by atoms with Gasteiger partial charge in [0.1, 0.15) is 6.04 Å². The number of nitrogens with two attached hydrogens (primary N) is 1. The normalized spacial score (nSPS) is 22.5. The molecule has 0 aromatic carbocycles. The summed E-state index contributed by atoms with van der Waals surface area (Å²) in [6.45, 7) is 3.27. The van der Waals surface area contributed by atoms with Gasteiger partial charge in [0, 0.05) is 31.5 Å². The molecule has 2 unspecified atom stereocenters. The molecule has 0 aliphatic carbocycles. The maximum atomic E-state index is 12.4. The Hall–Kier alpha value is -1.36. The lowest BCUT2D eigenvalue weighted by molar-refractivity contribution is -0.138. The SMILES string of the molecule is CC(C(=O)N1CCCCC1CN)n1cccn1. The van der Waals surface area contributed by atoms with Gasteiger partial charge in [-0.05, 0) is 32.3 Å². The number of piperidine rings is 1. The highest BCUT2D eigenvalue weighted by Crippen LogP contribution is 2.20. The van der Waals surface area contributed by atoms with Crippen LogP contribution >= 0.6 is 0 Å². The van der Waals surface area contributed by atoms with Crippen LogP contribution in [-0.4, -0.2) is 39.7 Å². The van der Waals surface area contributed by atoms with E-state index in [1.165, 1.54) is 6.42 Å². The number of aromatic nitrogens is 2. The number of hydrogen-bond acceptors (Lipinski definition) is 3. The van der Waals surface area contributed by atoms with Gasteiger partial charge in [0.25, 0.3) is 0 Å². The molecule has 2 heterocycles. The molecule has 1 aromatic rings. The third-order valence-electron chi connectivity index (χ3n) is 3.46. The minimum absolute atomic E-state index is 0.129. The van der Waals surface area contributed by atoms with E-state index in [1.54, 1.807) is 10.9 Å². The van der Waals surface area contributed by atoms with Crippen LogP contribution in [0, 0.1) is 0 Å². The Balaban J connectivity index is 2.07. The molecule has 0 bridgehead atoms. The second-order valence-electron chi connectivity index (χ2n) is 4.58. The summed E-state index contributed by atoms with van der Waals surface area (Å²) < 4.78 is 1.70. The third kappa shape index (κ3) is 2.49. The van der Waals surface area contributed by atoms with Crippen LogP contribution in [0.4, 0.5) is 0 Å². The van der Waals surface area contributed by atoms with Crippen molar-refractivity contribution in [3.63, 3.8) is 0 Å². The fourth-order valence-electron chi connectivity index (χ4n) is 2.40. The number of carbonyl (C=O) groups is 1. The van der Waals surface area contributed by atoms with Gasteiger partial charge in [0.15, 0.2) is 0 Å². The molecular weight excluding hydrogens is 216 g/mol. The second kappa shape index (κ2) is 5.31. The Morgan fingerprint density at radius 2 is 2.41 bits per heavy atom. The van der Waals surface area contributed by atoms with Crippen LogP contribution in [-0.2, 0) is 4.79 Å². The van der Waals surface area contributed by atoms with Crippen molar-refractivity contribution in [3.05, 3.63) is 18.5 Å². The van der Waals surface area contributed by atoms with Gasteiger partial charge in [-0.15, -0.1) is 0 Å². The zero-order valence-electron chi connectivity index (χ0n) is 10.2. The summed E-state index contributed by atoms with van der Waals surface area (Å²) in [5, 5.41) is 4.12. The Kier molecular flexibility index (Phi) is 3.78. The largest absolute Gasteiger partial charge is 0.337 e. The first-order valence-electron chi connectivity index (χ1n) is 6.23. The van der Waals surface area contributed by atoms with Crippen LogP contribution in [0.25, 0.3) is 0 Å². The number of rotatable bonds is 3. The average molecular weight is 236 g/mol. The van der Waals surface area contributed by atoms with Crippen molar-refractivity contribution in [3.8, 4) is 0 Å². The molecule has 1 aliphatic heterocycles. The maximum absolute atomic E-state index is 12.4. The highest BCUT2D eigenvalue weighted by atomic mass is 16.2. The number of hydrogen-bond donors (Lipinski definition) is 1. The maximum Gasteiger partial charge on any atom is 0.247 e. The fourth-order valence-corrected chi connectivity index (χ4v) is 2.40. The first-order chi connectivity index (χ1) is 8.24. The topological polar surface area (TPSA) is 64.2 Å². The quantitative estimate of drug-likeness (QED) is 0.843. The fraction of sp³-hybridized carbons (Fsp3) is 0.667. The van der Waals surface area contributed by atoms with Crippen molar-refractivity contribution in [2.45, 2.75) is 38.3 Å². The Bertz CT molecular complexity index is 363. The van der Waals surface area contributed by atoms with E-state index in [2.05, 4.69) is 5.10 Å². The van der Waals surface area contributed by atoms with Crippen LogP contribution in [0.5, 0.6) is 0 Å². The van der Waals surface area contributed by atoms with E-state index in [0.29, 0.717) is 6.54 Å². The van der Waals surface area contributed by atoms with E-state index in [-0.39, 0.29) is 18.0 Å². The van der Waals surface area contributed by atoms with Crippen LogP contribution in [0.15, 0.2) is 18.5 Å². The number of likely N-dealkylation sites (tertiary alicyclic amines) is 1. The standard InChI is InChI=1S/C12H20N4O/c1-10(16-8-4-6-14-16)12(17)15-7-3-2-5-11(15)9-13/h4,6,8,10-11H,2-3,5,7,9,13H2,1H3. The van der Waals surface area contributed by atoms with Crippen molar-refractivity contribution >= 4 is 5.91 Å². The van der Waals surface area contributed by atoms with E-state index < -0.39 is 0 Å². The van der Waals surface area contributed by atoms with E-state index in [9.17, 15) is 4.79 Å². The predicted molar refractivity (Wildman–Crippen MR) is 65.3 cm³/mol. The van der Waals surface area contributed by atoms with Crippen LogP contribution in [0.3, 0.4) is 0 Å². The summed E-state index contributed by atoms with van der Waals surface area (Å²) in [4.78, 5) is 14.3. The molecule has 1 saturated heterocycles. The van der Waals surface area contributed by atoms with Gasteiger partial charge in [-0.2, -0.15) is 5.10 Å². The van der Waals surface area contributed by atoms with Crippen molar-refractivity contribution in [1.82, 2.24) is 14.7 Å². The van der Waals surface area contributed by atoms with Crippen molar-refractivity contribution in [2.24, 2.45) is 5.73 Å². The molecule has 5 heteroatoms. The lowest BCUT2D eigenvalue weighted by Crippen LogP contribution is -2.49. The first-order valence-corrected chi connectivity index (χ1v) is 6.23. The predicted octanol–water partition coefficient (Wildman–Crippen LogP) is 0.784. The summed E-state index contributed by atoms with van der Waals surface area (Å²) in [6.07, 6.45) is 6.79. The lowest BCUT2D eigenvalue weighted by atomic mass is 10.0. The highest BCUT2D eigenvalue weighted by molar-refractivity contribution is 5.80. The summed E-state index contributed by atoms with van der Waals surface area (Å²) >= 11 is 0.